The normalized spacial score (nSPS) is 14.3. The Bertz CT molecular complexity index is 1750. The van der Waals surface area contributed by atoms with E-state index in [1.165, 1.54) is 36.4 Å². The molecule has 0 bridgehead atoms. The van der Waals surface area contributed by atoms with Crippen LogP contribution in [0, 0.1) is 11.0 Å². The van der Waals surface area contributed by atoms with E-state index in [0.29, 0.717) is 49.3 Å². The molecule has 2 heterocycles. The van der Waals surface area contributed by atoms with Crippen molar-refractivity contribution < 1.29 is 46.1 Å². The van der Waals surface area contributed by atoms with Crippen LogP contribution in [0.2, 0.25) is 0 Å². The smallest absolute Gasteiger partial charge is 0.414 e. The summed E-state index contributed by atoms with van der Waals surface area (Å²) in [7, 11) is -4.20. The van der Waals surface area contributed by atoms with Crippen LogP contribution in [0.15, 0.2) is 87.3 Å². The van der Waals surface area contributed by atoms with Crippen LogP contribution in [0.3, 0.4) is 0 Å². The molecule has 0 saturated carbocycles. The van der Waals surface area contributed by atoms with E-state index in [1.807, 2.05) is 0 Å². The number of rotatable bonds is 14. The molecule has 1 aromatic heterocycles. The zero-order valence-corrected chi connectivity index (χ0v) is 24.8. The van der Waals surface area contributed by atoms with Crippen LogP contribution in [0.5, 0.6) is 17.4 Å². The van der Waals surface area contributed by atoms with Crippen molar-refractivity contribution in [1.29, 1.82) is 0 Å². The number of nitrogens with one attached hydrogen (secondary N) is 1. The summed E-state index contributed by atoms with van der Waals surface area (Å²) in [5.74, 6) is -0.671. The highest BCUT2D eigenvalue weighted by Crippen LogP contribution is 2.30. The van der Waals surface area contributed by atoms with Gasteiger partial charge in [-0.25, -0.2) is 12.8 Å². The number of unbranched alkanes of at least 4 members (excludes halogenated alkanes) is 1. The van der Waals surface area contributed by atoms with Crippen LogP contribution in [0.25, 0.3) is 0 Å². The molecule has 12 nitrogen and oxygen atoms in total. The molecule has 1 amide bonds. The van der Waals surface area contributed by atoms with Crippen LogP contribution >= 0.6 is 0 Å². The molecule has 0 aliphatic carbocycles. The van der Waals surface area contributed by atoms with Crippen molar-refractivity contribution in [3.8, 4) is 17.4 Å². The molecule has 1 unspecified atom stereocenters. The van der Waals surface area contributed by atoms with Crippen molar-refractivity contribution >= 4 is 21.5 Å². The molecule has 1 atom stereocenters. The predicted octanol–water partition coefficient (Wildman–Crippen LogP) is 3.14. The fourth-order valence-electron chi connectivity index (χ4n) is 4.62. The number of fused-ring (bicyclic) bond motifs is 1. The second kappa shape index (κ2) is 14.2. The van der Waals surface area contributed by atoms with Gasteiger partial charge in [0.25, 0.3) is 15.7 Å². The number of ether oxygens (including phenoxy) is 3. The maximum absolute atomic E-state index is 13.0. The Labute approximate surface area is 258 Å². The van der Waals surface area contributed by atoms with Crippen molar-refractivity contribution in [2.45, 2.75) is 48.1 Å². The van der Waals surface area contributed by atoms with Crippen LogP contribution in [-0.2, 0) is 32.3 Å². The minimum Gasteiger partial charge on any atom is -0.494 e. The lowest BCUT2D eigenvalue weighted by Crippen LogP contribution is -2.46. The molecule has 1 N–H and O–H groups in total. The summed E-state index contributed by atoms with van der Waals surface area (Å²) < 4.78 is 60.1. The van der Waals surface area contributed by atoms with E-state index in [9.17, 15) is 27.6 Å². The summed E-state index contributed by atoms with van der Waals surface area (Å²) in [5, 5.41) is 17.4. The third-order valence-electron chi connectivity index (χ3n) is 6.93. The SMILES string of the molecule is O=C1Cc2cc(OCCCCOc3no[n+]([O-])c3S(=O)(=O)c3ccccc3)ccc2OC1C(=O)NCCCc1ccc(F)cc1. The van der Waals surface area contributed by atoms with Crippen molar-refractivity contribution in [3.05, 3.63) is 94.9 Å². The lowest BCUT2D eigenvalue weighted by Gasteiger charge is -2.24. The minimum absolute atomic E-state index is 0.0136. The number of Topliss-reactive ketones (excluding diaryl/α,β-unsaturated/α-hetero) is 1. The van der Waals surface area contributed by atoms with E-state index < -0.39 is 32.8 Å². The van der Waals surface area contributed by atoms with E-state index in [0.717, 1.165) is 5.56 Å². The van der Waals surface area contributed by atoms with Gasteiger partial charge in [-0.05, 0) is 78.6 Å². The summed E-state index contributed by atoms with van der Waals surface area (Å²) in [6.45, 7) is 0.685. The Morgan fingerprint density at radius 3 is 2.51 bits per heavy atom. The van der Waals surface area contributed by atoms with E-state index in [1.54, 1.807) is 36.4 Å². The molecule has 0 fully saturated rings. The molecule has 3 aromatic carbocycles. The highest BCUT2D eigenvalue weighted by atomic mass is 32.2. The Kier molecular flexibility index (Phi) is 9.92. The molecule has 0 spiro atoms. The van der Waals surface area contributed by atoms with Crippen molar-refractivity contribution in [2.75, 3.05) is 19.8 Å². The first kappa shape index (κ1) is 31.4. The summed E-state index contributed by atoms with van der Waals surface area (Å²) in [4.78, 5) is 25.0. The van der Waals surface area contributed by atoms with Gasteiger partial charge in [0, 0.05) is 18.5 Å². The predicted molar refractivity (Wildman–Crippen MR) is 155 cm³/mol. The van der Waals surface area contributed by atoms with E-state index in [4.69, 9.17) is 14.2 Å². The van der Waals surface area contributed by atoms with Gasteiger partial charge in [-0.3, -0.25) is 14.2 Å². The van der Waals surface area contributed by atoms with Crippen LogP contribution in [0.4, 0.5) is 4.39 Å². The van der Waals surface area contributed by atoms with Crippen molar-refractivity contribution in [1.82, 2.24) is 10.5 Å². The van der Waals surface area contributed by atoms with Crippen LogP contribution < -0.4 is 24.4 Å². The number of carbonyl (C=O) groups excluding carboxylic acids is 2. The summed E-state index contributed by atoms with van der Waals surface area (Å²) in [5.41, 5.74) is 1.55. The van der Waals surface area contributed by atoms with Gasteiger partial charge in [0.2, 0.25) is 6.10 Å². The molecule has 236 valence electrons. The average Bonchev–Trinajstić information content (AvgIpc) is 3.42. The largest absolute Gasteiger partial charge is 0.494 e. The fourth-order valence-corrected chi connectivity index (χ4v) is 5.92. The number of ketones is 1. The minimum atomic E-state index is -4.20. The molecular formula is C31H30FN3O9S. The number of hydrogen-bond donors (Lipinski definition) is 1. The average molecular weight is 640 g/mol. The Balaban J connectivity index is 1.04. The van der Waals surface area contributed by atoms with Crippen molar-refractivity contribution in [3.63, 3.8) is 0 Å². The highest BCUT2D eigenvalue weighted by molar-refractivity contribution is 7.91. The second-order valence-electron chi connectivity index (χ2n) is 10.2. The molecule has 14 heteroatoms. The maximum atomic E-state index is 13.0. The molecule has 0 saturated heterocycles. The number of aromatic nitrogens is 2. The number of benzene rings is 3. The fraction of sp³-hybridized carbons (Fsp3) is 0.290. The summed E-state index contributed by atoms with van der Waals surface area (Å²) in [6.07, 6.45) is 1.02. The quantitative estimate of drug-likeness (QED) is 0.123. The summed E-state index contributed by atoms with van der Waals surface area (Å²) in [6, 6.07) is 18.6. The van der Waals surface area contributed by atoms with Gasteiger partial charge < -0.3 is 24.7 Å². The second-order valence-corrected chi connectivity index (χ2v) is 12.1. The van der Waals surface area contributed by atoms with E-state index in [-0.39, 0.29) is 41.0 Å². The number of carbonyl (C=O) groups is 2. The summed E-state index contributed by atoms with van der Waals surface area (Å²) >= 11 is 0. The first-order valence-corrected chi connectivity index (χ1v) is 15.7. The molecule has 5 rings (SSSR count). The zero-order chi connectivity index (χ0) is 31.8. The number of nitrogens with zero attached hydrogens (tertiary/aromatic N) is 2. The van der Waals surface area contributed by atoms with Gasteiger partial charge >= 0.3 is 10.9 Å². The molecular weight excluding hydrogens is 609 g/mol. The lowest BCUT2D eigenvalue weighted by atomic mass is 10.00. The maximum Gasteiger partial charge on any atom is 0.414 e. The van der Waals surface area contributed by atoms with Gasteiger partial charge in [-0.2, -0.15) is 0 Å². The lowest BCUT2D eigenvalue weighted by molar-refractivity contribution is -0.832. The molecule has 0 radical (unpaired) electrons. The van der Waals surface area contributed by atoms with Gasteiger partial charge in [0.05, 0.1) is 23.3 Å². The topological polar surface area (TPSA) is 161 Å². The first-order chi connectivity index (χ1) is 21.7. The van der Waals surface area contributed by atoms with Gasteiger partial charge in [-0.1, -0.05) is 30.3 Å². The third kappa shape index (κ3) is 7.76. The van der Waals surface area contributed by atoms with Crippen LogP contribution in [-0.4, -0.2) is 51.1 Å². The van der Waals surface area contributed by atoms with Crippen LogP contribution in [0.1, 0.15) is 30.4 Å². The number of aryl methyl sites for hydroxylation is 1. The third-order valence-corrected chi connectivity index (χ3v) is 8.65. The Hall–Kier alpha value is -4.98. The van der Waals surface area contributed by atoms with Crippen molar-refractivity contribution in [2.24, 2.45) is 0 Å². The molecule has 1 aliphatic heterocycles. The highest BCUT2D eigenvalue weighted by Gasteiger charge is 2.36. The molecule has 1 aliphatic rings. The Morgan fingerprint density at radius 2 is 1.76 bits per heavy atom. The molecule has 45 heavy (non-hydrogen) atoms. The van der Waals surface area contributed by atoms with E-state index >= 15 is 0 Å². The number of amides is 1. The number of sulfone groups is 1. The molecule has 4 aromatic rings. The van der Waals surface area contributed by atoms with Gasteiger partial charge in [0.15, 0.2) is 5.78 Å². The number of halogens is 1. The van der Waals surface area contributed by atoms with Gasteiger partial charge in [0.1, 0.15) is 17.3 Å². The van der Waals surface area contributed by atoms with E-state index in [2.05, 4.69) is 15.1 Å². The Morgan fingerprint density at radius 1 is 1.02 bits per heavy atom. The number of hydrogen-bond acceptors (Lipinski definition) is 10. The first-order valence-electron chi connectivity index (χ1n) is 14.2. The monoisotopic (exact) mass is 639 g/mol. The zero-order valence-electron chi connectivity index (χ0n) is 24.0. The van der Waals surface area contributed by atoms with Gasteiger partial charge in [-0.15, -0.1) is 0 Å². The standard InChI is InChI=1S/C31H30FN3O9S/c32-23-12-10-21(11-13-23)7-6-16-33-29(37)28-26(36)20-22-19-24(14-15-27(22)43-28)41-17-4-5-18-42-30-31(35(38)44-34-30)45(39,40)25-8-2-1-3-9-25/h1-3,8-15,19,28H,4-7,16-18,20H2,(H,33,37).